The molecule has 3 heterocycles. The van der Waals surface area contributed by atoms with Crippen LogP contribution >= 0.6 is 0 Å². The molecule has 0 radical (unpaired) electrons. The van der Waals surface area contributed by atoms with Crippen LogP contribution in [0.5, 0.6) is 0 Å². The van der Waals surface area contributed by atoms with Crippen LogP contribution in [0, 0.1) is 0 Å². The summed E-state index contributed by atoms with van der Waals surface area (Å²) in [6, 6.07) is 12.4. The summed E-state index contributed by atoms with van der Waals surface area (Å²) in [6.45, 7) is 8.85. The Morgan fingerprint density at radius 3 is 2.19 bits per heavy atom. The molecule has 2 fully saturated rings. The van der Waals surface area contributed by atoms with Crippen molar-refractivity contribution in [2.45, 2.75) is 13.0 Å². The van der Waals surface area contributed by atoms with E-state index in [1.807, 2.05) is 18.2 Å². The SMILES string of the molecule is N/C(=C\N(N)CCCNCc1ccccc1)CNc1nc(N2CCOCC2)cc(N2CCOCC2)n1. The van der Waals surface area contributed by atoms with Gasteiger partial charge in [0, 0.05) is 57.2 Å². The molecule has 2 aliphatic heterocycles. The summed E-state index contributed by atoms with van der Waals surface area (Å²) in [5, 5.41) is 8.34. The van der Waals surface area contributed by atoms with E-state index >= 15 is 0 Å². The van der Waals surface area contributed by atoms with Gasteiger partial charge in [0.1, 0.15) is 11.6 Å². The Bertz CT molecular complexity index is 912. The maximum absolute atomic E-state index is 6.24. The van der Waals surface area contributed by atoms with Crippen LogP contribution in [-0.2, 0) is 16.0 Å². The number of morpholine rings is 2. The van der Waals surface area contributed by atoms with E-state index < -0.39 is 0 Å². The quantitative estimate of drug-likeness (QED) is 0.188. The molecule has 0 bridgehead atoms. The largest absolute Gasteiger partial charge is 0.399 e. The zero-order chi connectivity index (χ0) is 25.0. The van der Waals surface area contributed by atoms with Gasteiger partial charge >= 0.3 is 0 Å². The Morgan fingerprint density at radius 1 is 0.972 bits per heavy atom. The Balaban J connectivity index is 1.27. The molecule has 2 saturated heterocycles. The van der Waals surface area contributed by atoms with Crippen molar-refractivity contribution < 1.29 is 9.47 Å². The van der Waals surface area contributed by atoms with Crippen LogP contribution in [0.1, 0.15) is 12.0 Å². The smallest absolute Gasteiger partial charge is 0.226 e. The summed E-state index contributed by atoms with van der Waals surface area (Å²) in [7, 11) is 0. The molecule has 196 valence electrons. The van der Waals surface area contributed by atoms with Crippen LogP contribution in [0.15, 0.2) is 48.3 Å². The number of benzene rings is 1. The van der Waals surface area contributed by atoms with E-state index in [0.29, 0.717) is 51.2 Å². The molecule has 36 heavy (non-hydrogen) atoms. The average Bonchev–Trinajstić information content (AvgIpc) is 2.93. The second-order valence-corrected chi connectivity index (χ2v) is 8.92. The van der Waals surface area contributed by atoms with Gasteiger partial charge in [0.15, 0.2) is 0 Å². The monoisotopic (exact) mass is 497 g/mol. The van der Waals surface area contributed by atoms with Gasteiger partial charge in [0.2, 0.25) is 5.95 Å². The highest BCUT2D eigenvalue weighted by Gasteiger charge is 2.19. The van der Waals surface area contributed by atoms with Gasteiger partial charge in [0.05, 0.1) is 33.0 Å². The van der Waals surface area contributed by atoms with E-state index in [1.165, 1.54) is 5.56 Å². The summed E-state index contributed by atoms with van der Waals surface area (Å²) in [6.07, 6.45) is 2.67. The Kier molecular flexibility index (Phi) is 9.97. The molecule has 4 rings (SSSR count). The average molecular weight is 498 g/mol. The first-order valence-electron chi connectivity index (χ1n) is 12.7. The van der Waals surface area contributed by atoms with Crippen molar-refractivity contribution in [2.24, 2.45) is 11.6 Å². The Hall–Kier alpha value is -3.12. The molecule has 11 nitrogen and oxygen atoms in total. The van der Waals surface area contributed by atoms with Gasteiger partial charge in [-0.25, -0.2) is 5.84 Å². The highest BCUT2D eigenvalue weighted by atomic mass is 16.5. The van der Waals surface area contributed by atoms with E-state index in [-0.39, 0.29) is 0 Å². The Labute approximate surface area is 213 Å². The van der Waals surface area contributed by atoms with Gasteiger partial charge in [-0.15, -0.1) is 0 Å². The lowest BCUT2D eigenvalue weighted by molar-refractivity contribution is 0.122. The van der Waals surface area contributed by atoms with Gasteiger partial charge in [-0.05, 0) is 18.5 Å². The molecule has 0 spiro atoms. The summed E-state index contributed by atoms with van der Waals surface area (Å²) in [4.78, 5) is 14.0. The number of nitrogens with two attached hydrogens (primary N) is 2. The maximum atomic E-state index is 6.24. The molecular formula is C25H39N9O2. The van der Waals surface area contributed by atoms with Crippen molar-refractivity contribution >= 4 is 17.6 Å². The number of hydrogen-bond acceptors (Lipinski definition) is 11. The molecule has 2 aromatic rings. The molecule has 0 saturated carbocycles. The molecule has 1 aromatic heterocycles. The fourth-order valence-electron chi connectivity index (χ4n) is 4.13. The second kappa shape index (κ2) is 13.8. The molecule has 0 unspecified atom stereocenters. The maximum Gasteiger partial charge on any atom is 0.226 e. The Morgan fingerprint density at radius 2 is 1.58 bits per heavy atom. The molecule has 2 aliphatic rings. The number of hydrogen-bond donors (Lipinski definition) is 4. The van der Waals surface area contributed by atoms with Crippen LogP contribution in [0.25, 0.3) is 0 Å². The number of nitrogens with one attached hydrogen (secondary N) is 2. The molecular weight excluding hydrogens is 458 g/mol. The predicted molar refractivity (Wildman–Crippen MR) is 143 cm³/mol. The van der Waals surface area contributed by atoms with Crippen LogP contribution in [0.3, 0.4) is 0 Å². The lowest BCUT2D eigenvalue weighted by Crippen LogP contribution is -2.39. The normalized spacial score (nSPS) is 16.8. The number of ether oxygens (including phenoxy) is 2. The second-order valence-electron chi connectivity index (χ2n) is 8.92. The van der Waals surface area contributed by atoms with E-state index in [0.717, 1.165) is 57.3 Å². The van der Waals surface area contributed by atoms with Gasteiger partial charge in [-0.3, -0.25) is 0 Å². The lowest BCUT2D eigenvalue weighted by atomic mass is 10.2. The van der Waals surface area contributed by atoms with Gasteiger partial charge in [-0.1, -0.05) is 30.3 Å². The minimum absolute atomic E-state index is 0.398. The highest BCUT2D eigenvalue weighted by Crippen LogP contribution is 2.23. The van der Waals surface area contributed by atoms with Gasteiger partial charge < -0.3 is 40.6 Å². The van der Waals surface area contributed by atoms with E-state index in [9.17, 15) is 0 Å². The topological polar surface area (TPSA) is 130 Å². The minimum atomic E-state index is 0.398. The third kappa shape index (κ3) is 8.23. The summed E-state index contributed by atoms with van der Waals surface area (Å²) < 4.78 is 11.0. The van der Waals surface area contributed by atoms with E-state index in [1.54, 1.807) is 11.2 Å². The standard InChI is InChI=1S/C25H39N9O2/c26-22(20-34(27)8-4-7-28-18-21-5-2-1-3-6-21)19-29-25-30-23(32-9-13-35-14-10-32)17-24(31-25)33-11-15-36-16-12-33/h1-3,5-6,17,20,28H,4,7-16,18-19,26-27H2,(H,29,30,31)/b22-20-. The van der Waals surface area contributed by atoms with Crippen molar-refractivity contribution in [1.29, 1.82) is 0 Å². The van der Waals surface area contributed by atoms with Crippen molar-refractivity contribution in [1.82, 2.24) is 20.3 Å². The molecule has 1 aromatic carbocycles. The lowest BCUT2D eigenvalue weighted by Gasteiger charge is -2.31. The van der Waals surface area contributed by atoms with Crippen molar-refractivity contribution in [3.63, 3.8) is 0 Å². The molecule has 11 heteroatoms. The van der Waals surface area contributed by atoms with Crippen molar-refractivity contribution in [2.75, 3.05) is 87.4 Å². The fourth-order valence-corrected chi connectivity index (χ4v) is 4.13. The molecule has 6 N–H and O–H groups in total. The molecule has 0 amide bonds. The number of nitrogens with zero attached hydrogens (tertiary/aromatic N) is 5. The molecule has 0 aliphatic carbocycles. The van der Waals surface area contributed by atoms with Crippen molar-refractivity contribution in [3.8, 4) is 0 Å². The summed E-state index contributed by atoms with van der Waals surface area (Å²) >= 11 is 0. The van der Waals surface area contributed by atoms with E-state index in [2.05, 4.69) is 38.6 Å². The zero-order valence-corrected chi connectivity index (χ0v) is 20.9. The van der Waals surface area contributed by atoms with Crippen molar-refractivity contribution in [3.05, 3.63) is 53.9 Å². The first-order valence-corrected chi connectivity index (χ1v) is 12.7. The van der Waals surface area contributed by atoms with Gasteiger partial charge in [0.25, 0.3) is 0 Å². The summed E-state index contributed by atoms with van der Waals surface area (Å²) in [5.74, 6) is 8.46. The predicted octanol–water partition coefficient (Wildman–Crippen LogP) is 0.717. The van der Waals surface area contributed by atoms with Crippen LogP contribution in [0.4, 0.5) is 17.6 Å². The van der Waals surface area contributed by atoms with Crippen LogP contribution in [-0.4, -0.2) is 87.2 Å². The number of hydrazine groups is 1. The fraction of sp³-hybridized carbons (Fsp3) is 0.520. The van der Waals surface area contributed by atoms with Crippen LogP contribution in [0.2, 0.25) is 0 Å². The first kappa shape index (κ1) is 26.0. The number of anilines is 3. The minimum Gasteiger partial charge on any atom is -0.399 e. The van der Waals surface area contributed by atoms with Gasteiger partial charge in [-0.2, -0.15) is 9.97 Å². The summed E-state index contributed by atoms with van der Waals surface area (Å²) in [5.41, 5.74) is 8.13. The molecule has 0 atom stereocenters. The number of rotatable bonds is 12. The number of aromatic nitrogens is 2. The highest BCUT2D eigenvalue weighted by molar-refractivity contribution is 5.55. The zero-order valence-electron chi connectivity index (χ0n) is 20.9. The van der Waals surface area contributed by atoms with E-state index in [4.69, 9.17) is 31.0 Å². The third-order valence-electron chi connectivity index (χ3n) is 6.09. The van der Waals surface area contributed by atoms with Crippen LogP contribution < -0.4 is 32.0 Å². The first-order chi connectivity index (χ1) is 17.7. The third-order valence-corrected chi connectivity index (χ3v) is 6.09.